The van der Waals surface area contributed by atoms with Crippen molar-refractivity contribution in [3.63, 3.8) is 0 Å². The summed E-state index contributed by atoms with van der Waals surface area (Å²) in [6, 6.07) is 5.04. The summed E-state index contributed by atoms with van der Waals surface area (Å²) in [4.78, 5) is 11.7. The van der Waals surface area contributed by atoms with E-state index in [2.05, 4.69) is 11.4 Å². The first-order valence-electron chi connectivity index (χ1n) is 7.46. The highest BCUT2D eigenvalue weighted by Crippen LogP contribution is 2.26. The Kier molecular flexibility index (Phi) is 8.44. The number of hydrogen-bond acceptors (Lipinski definition) is 3. The number of amides is 1. The number of ether oxygens (including phenoxy) is 1. The largest absolute Gasteiger partial charge is 0.504 e. The first kappa shape index (κ1) is 18.4. The first-order chi connectivity index (χ1) is 10.5. The van der Waals surface area contributed by atoms with E-state index in [1.54, 1.807) is 18.2 Å². The molecule has 0 aromatic heterocycles. The number of nitrogens with one attached hydrogen (secondary N) is 1. The molecule has 1 atom stereocenters. The third-order valence-electron chi connectivity index (χ3n) is 3.16. The number of halogens is 1. The summed E-state index contributed by atoms with van der Waals surface area (Å²) in [5.41, 5.74) is 0.891. The SMILES string of the molecule is COc1cc(CNC(=O)CCCC/C=C/C(C)Cl)ccc1O. The highest BCUT2D eigenvalue weighted by atomic mass is 35.5. The Hall–Kier alpha value is -1.68. The van der Waals surface area contributed by atoms with Gasteiger partial charge in [0.1, 0.15) is 0 Å². The summed E-state index contributed by atoms with van der Waals surface area (Å²) < 4.78 is 5.03. The minimum atomic E-state index is 0.0294. The molecule has 1 aromatic rings. The van der Waals surface area contributed by atoms with E-state index in [4.69, 9.17) is 16.3 Å². The molecular formula is C17H24ClNO3. The second kappa shape index (κ2) is 10.1. The number of benzene rings is 1. The molecule has 0 fully saturated rings. The number of carbonyl (C=O) groups excluding carboxylic acids is 1. The lowest BCUT2D eigenvalue weighted by Crippen LogP contribution is -2.22. The van der Waals surface area contributed by atoms with Crippen LogP contribution in [0.15, 0.2) is 30.4 Å². The van der Waals surface area contributed by atoms with E-state index in [1.165, 1.54) is 7.11 Å². The van der Waals surface area contributed by atoms with E-state index < -0.39 is 0 Å². The average molecular weight is 326 g/mol. The van der Waals surface area contributed by atoms with Crippen molar-refractivity contribution < 1.29 is 14.6 Å². The zero-order valence-electron chi connectivity index (χ0n) is 13.1. The molecule has 0 aliphatic heterocycles. The summed E-state index contributed by atoms with van der Waals surface area (Å²) in [6.45, 7) is 2.35. The van der Waals surface area contributed by atoms with Gasteiger partial charge >= 0.3 is 0 Å². The molecule has 22 heavy (non-hydrogen) atoms. The topological polar surface area (TPSA) is 58.6 Å². The van der Waals surface area contributed by atoms with Gasteiger partial charge in [0.15, 0.2) is 11.5 Å². The normalized spacial score (nSPS) is 12.3. The molecule has 5 heteroatoms. The molecule has 0 saturated carbocycles. The zero-order valence-corrected chi connectivity index (χ0v) is 13.9. The highest BCUT2D eigenvalue weighted by molar-refractivity contribution is 6.21. The minimum Gasteiger partial charge on any atom is -0.504 e. The van der Waals surface area contributed by atoms with E-state index >= 15 is 0 Å². The molecule has 1 amide bonds. The van der Waals surface area contributed by atoms with Crippen LogP contribution in [0.5, 0.6) is 11.5 Å². The van der Waals surface area contributed by atoms with Crippen molar-refractivity contribution in [3.05, 3.63) is 35.9 Å². The summed E-state index contributed by atoms with van der Waals surface area (Å²) in [6.07, 6.45) is 7.30. The van der Waals surface area contributed by atoms with Crippen molar-refractivity contribution in [1.29, 1.82) is 0 Å². The van der Waals surface area contributed by atoms with Gasteiger partial charge in [-0.1, -0.05) is 18.2 Å². The van der Waals surface area contributed by atoms with Crippen molar-refractivity contribution in [2.75, 3.05) is 7.11 Å². The second-order valence-corrected chi connectivity index (χ2v) is 5.82. The lowest BCUT2D eigenvalue weighted by Gasteiger charge is -2.08. The Morgan fingerprint density at radius 2 is 2.23 bits per heavy atom. The summed E-state index contributed by atoms with van der Waals surface area (Å²) >= 11 is 5.80. The fourth-order valence-corrected chi connectivity index (χ4v) is 2.06. The molecule has 0 aliphatic rings. The van der Waals surface area contributed by atoms with E-state index in [0.29, 0.717) is 18.7 Å². The number of alkyl halides is 1. The smallest absolute Gasteiger partial charge is 0.220 e. The van der Waals surface area contributed by atoms with Crippen LogP contribution in [0.3, 0.4) is 0 Å². The molecule has 122 valence electrons. The first-order valence-corrected chi connectivity index (χ1v) is 7.90. The van der Waals surface area contributed by atoms with Crippen LogP contribution >= 0.6 is 11.6 Å². The fourth-order valence-electron chi connectivity index (χ4n) is 1.95. The molecule has 1 rings (SSSR count). The molecule has 2 N–H and O–H groups in total. The number of rotatable bonds is 9. The van der Waals surface area contributed by atoms with Crippen molar-refractivity contribution in [2.24, 2.45) is 0 Å². The predicted octanol–water partition coefficient (Wildman–Crippen LogP) is 3.76. The number of allylic oxidation sites excluding steroid dienone is 2. The molecule has 1 aromatic carbocycles. The Labute approximate surface area is 137 Å². The summed E-state index contributed by atoms with van der Waals surface area (Å²) in [5.74, 6) is 0.533. The monoisotopic (exact) mass is 325 g/mol. The molecule has 0 aliphatic carbocycles. The maximum absolute atomic E-state index is 11.7. The van der Waals surface area contributed by atoms with Gasteiger partial charge in [0.25, 0.3) is 0 Å². The molecule has 0 bridgehead atoms. The van der Waals surface area contributed by atoms with Crippen molar-refractivity contribution in [1.82, 2.24) is 5.32 Å². The minimum absolute atomic E-state index is 0.0294. The van der Waals surface area contributed by atoms with Gasteiger partial charge in [0.2, 0.25) is 5.91 Å². The molecule has 0 spiro atoms. The van der Waals surface area contributed by atoms with E-state index in [1.807, 2.05) is 13.0 Å². The van der Waals surface area contributed by atoms with Crippen LogP contribution in [0.1, 0.15) is 38.2 Å². The van der Waals surface area contributed by atoms with Gasteiger partial charge in [0.05, 0.1) is 7.11 Å². The van der Waals surface area contributed by atoms with Crippen molar-refractivity contribution in [3.8, 4) is 11.5 Å². The summed E-state index contributed by atoms with van der Waals surface area (Å²) in [7, 11) is 1.50. The van der Waals surface area contributed by atoms with Crippen molar-refractivity contribution in [2.45, 2.75) is 44.5 Å². The quantitative estimate of drug-likeness (QED) is 0.413. The van der Waals surface area contributed by atoms with Crippen LogP contribution in [0.2, 0.25) is 0 Å². The number of methoxy groups -OCH3 is 1. The lowest BCUT2D eigenvalue weighted by atomic mass is 10.1. The Balaban J connectivity index is 2.23. The standard InChI is InChI=1S/C17H24ClNO3/c1-13(18)7-5-3-4-6-8-17(21)19-12-14-9-10-15(20)16(11-14)22-2/h5,7,9-11,13,20H,3-4,6,8,12H2,1-2H3,(H,19,21)/b7-5+. The van der Waals surface area contributed by atoms with Gasteiger partial charge in [-0.15, -0.1) is 11.6 Å². The van der Waals surface area contributed by atoms with Crippen LogP contribution in [0.4, 0.5) is 0 Å². The second-order valence-electron chi connectivity index (χ2n) is 5.13. The van der Waals surface area contributed by atoms with E-state index in [0.717, 1.165) is 24.8 Å². The van der Waals surface area contributed by atoms with Gasteiger partial charge in [-0.3, -0.25) is 4.79 Å². The lowest BCUT2D eigenvalue weighted by molar-refractivity contribution is -0.121. The molecule has 0 saturated heterocycles. The van der Waals surface area contributed by atoms with Crippen LogP contribution in [-0.4, -0.2) is 23.5 Å². The number of aromatic hydroxyl groups is 1. The van der Waals surface area contributed by atoms with Crippen LogP contribution < -0.4 is 10.1 Å². The maximum Gasteiger partial charge on any atom is 0.220 e. The number of unbranched alkanes of at least 4 members (excludes halogenated alkanes) is 2. The Morgan fingerprint density at radius 1 is 1.45 bits per heavy atom. The molecule has 0 heterocycles. The van der Waals surface area contributed by atoms with Crippen LogP contribution in [0.25, 0.3) is 0 Å². The number of carbonyl (C=O) groups is 1. The van der Waals surface area contributed by atoms with E-state index in [-0.39, 0.29) is 17.0 Å². The number of phenolic OH excluding ortho intramolecular Hbond substituents is 1. The van der Waals surface area contributed by atoms with Gasteiger partial charge in [-0.05, 0) is 43.9 Å². The number of hydrogen-bond donors (Lipinski definition) is 2. The number of phenols is 1. The fraction of sp³-hybridized carbons (Fsp3) is 0.471. The van der Waals surface area contributed by atoms with Gasteiger partial charge in [-0.2, -0.15) is 0 Å². The molecule has 4 nitrogen and oxygen atoms in total. The summed E-state index contributed by atoms with van der Waals surface area (Å²) in [5, 5.41) is 12.4. The van der Waals surface area contributed by atoms with Gasteiger partial charge < -0.3 is 15.2 Å². The maximum atomic E-state index is 11.7. The van der Waals surface area contributed by atoms with Gasteiger partial charge in [-0.25, -0.2) is 0 Å². The molecule has 0 radical (unpaired) electrons. The van der Waals surface area contributed by atoms with Crippen LogP contribution in [0, 0.1) is 0 Å². The predicted molar refractivity (Wildman–Crippen MR) is 89.4 cm³/mol. The van der Waals surface area contributed by atoms with Crippen molar-refractivity contribution >= 4 is 17.5 Å². The average Bonchev–Trinajstić information content (AvgIpc) is 2.49. The third-order valence-corrected chi connectivity index (χ3v) is 3.31. The molecular weight excluding hydrogens is 302 g/mol. The van der Waals surface area contributed by atoms with Gasteiger partial charge in [0, 0.05) is 18.3 Å². The van der Waals surface area contributed by atoms with E-state index in [9.17, 15) is 9.90 Å². The third kappa shape index (κ3) is 7.36. The van der Waals surface area contributed by atoms with Crippen LogP contribution in [-0.2, 0) is 11.3 Å². The highest BCUT2D eigenvalue weighted by Gasteiger charge is 2.05. The Bertz CT molecular complexity index is 501. The molecule has 1 unspecified atom stereocenters. The zero-order chi connectivity index (χ0) is 16.4. The Morgan fingerprint density at radius 3 is 2.91 bits per heavy atom.